The predicted molar refractivity (Wildman–Crippen MR) is 133 cm³/mol. The molecule has 0 heterocycles. The Morgan fingerprint density at radius 1 is 1.00 bits per heavy atom. The number of rotatable bonds is 7. The Hall–Kier alpha value is -3.05. The summed E-state index contributed by atoms with van der Waals surface area (Å²) < 4.78 is 6.99. The van der Waals surface area contributed by atoms with Crippen LogP contribution in [0.5, 0.6) is 5.75 Å². The molecule has 162 valence electrons. The highest BCUT2D eigenvalue weighted by Gasteiger charge is 2.12. The van der Waals surface area contributed by atoms with Crippen molar-refractivity contribution >= 4 is 62.5 Å². The van der Waals surface area contributed by atoms with Crippen molar-refractivity contribution in [2.75, 3.05) is 6.54 Å². The second-order valence-corrected chi connectivity index (χ2v) is 8.47. The van der Waals surface area contributed by atoms with E-state index in [4.69, 9.17) is 4.74 Å². The number of nitrogens with one attached hydrogen (secondary N) is 2. The van der Waals surface area contributed by atoms with Crippen molar-refractivity contribution in [1.29, 1.82) is 0 Å². The van der Waals surface area contributed by atoms with Gasteiger partial charge in [-0.2, -0.15) is 5.10 Å². The fourth-order valence-electron chi connectivity index (χ4n) is 2.56. The molecule has 0 bridgehead atoms. The molecule has 0 saturated heterocycles. The molecule has 2 N–H and O–H groups in total. The Morgan fingerprint density at radius 2 is 1.72 bits per heavy atom. The van der Waals surface area contributed by atoms with E-state index in [9.17, 15) is 14.4 Å². The number of benzene rings is 3. The van der Waals surface area contributed by atoms with Crippen LogP contribution in [0.3, 0.4) is 0 Å². The number of nitrogens with zero attached hydrogens (tertiary/aromatic N) is 1. The van der Waals surface area contributed by atoms with Crippen LogP contribution in [-0.4, -0.2) is 30.5 Å². The molecule has 0 fully saturated rings. The maximum absolute atomic E-state index is 12.3. The number of carbonyl (C=O) groups excluding carboxylic acids is 3. The highest BCUT2D eigenvalue weighted by atomic mass is 127. The van der Waals surface area contributed by atoms with E-state index >= 15 is 0 Å². The number of amides is 2. The van der Waals surface area contributed by atoms with Gasteiger partial charge in [-0.3, -0.25) is 9.59 Å². The van der Waals surface area contributed by atoms with Crippen LogP contribution >= 0.6 is 38.5 Å². The number of hydrazone groups is 1. The maximum Gasteiger partial charge on any atom is 0.343 e. The Bertz CT molecular complexity index is 1170. The largest absolute Gasteiger partial charge is 0.422 e. The molecule has 3 rings (SSSR count). The first-order chi connectivity index (χ1) is 15.4. The van der Waals surface area contributed by atoms with Gasteiger partial charge in [0.15, 0.2) is 0 Å². The first-order valence-corrected chi connectivity index (χ1v) is 11.2. The topological polar surface area (TPSA) is 96.9 Å². The maximum atomic E-state index is 12.3. The minimum atomic E-state index is -0.509. The molecule has 32 heavy (non-hydrogen) atoms. The Morgan fingerprint density at radius 3 is 2.47 bits per heavy atom. The first-order valence-electron chi connectivity index (χ1n) is 9.35. The molecule has 0 spiro atoms. The molecule has 7 nitrogen and oxygen atoms in total. The molecule has 3 aromatic rings. The van der Waals surface area contributed by atoms with Gasteiger partial charge in [-0.25, -0.2) is 10.2 Å². The molecule has 0 unspecified atom stereocenters. The minimum absolute atomic E-state index is 0.241. The molecule has 0 aromatic heterocycles. The SMILES string of the molecule is O=C(CNC(=O)c1ccccc1I)N/N=C\c1cc(Br)ccc1OC(=O)c1ccccc1. The Labute approximate surface area is 206 Å². The fourth-order valence-corrected chi connectivity index (χ4v) is 3.57. The molecule has 0 aliphatic rings. The van der Waals surface area contributed by atoms with Gasteiger partial charge in [0.05, 0.1) is 23.9 Å². The van der Waals surface area contributed by atoms with Crippen LogP contribution in [0.2, 0.25) is 0 Å². The van der Waals surface area contributed by atoms with Crippen LogP contribution in [0.25, 0.3) is 0 Å². The normalized spacial score (nSPS) is 10.6. The second kappa shape index (κ2) is 11.5. The van der Waals surface area contributed by atoms with Crippen LogP contribution in [0.1, 0.15) is 26.3 Å². The average Bonchev–Trinajstić information content (AvgIpc) is 2.80. The molecular formula is C23H17BrIN3O4. The van der Waals surface area contributed by atoms with Gasteiger partial charge in [0, 0.05) is 13.6 Å². The van der Waals surface area contributed by atoms with E-state index in [0.717, 1.165) is 8.04 Å². The first kappa shape index (κ1) is 23.6. The third-order valence-electron chi connectivity index (χ3n) is 4.10. The molecule has 9 heteroatoms. The van der Waals surface area contributed by atoms with Gasteiger partial charge >= 0.3 is 5.97 Å². The van der Waals surface area contributed by atoms with Gasteiger partial charge in [0.25, 0.3) is 11.8 Å². The lowest BCUT2D eigenvalue weighted by atomic mass is 10.2. The van der Waals surface area contributed by atoms with Gasteiger partial charge in [-0.1, -0.05) is 46.3 Å². The Balaban J connectivity index is 1.59. The van der Waals surface area contributed by atoms with Gasteiger partial charge in [0.2, 0.25) is 0 Å². The zero-order valence-corrected chi connectivity index (χ0v) is 20.3. The van der Waals surface area contributed by atoms with Crippen LogP contribution in [0.15, 0.2) is 82.4 Å². The summed E-state index contributed by atoms with van der Waals surface area (Å²) in [5.41, 5.74) is 3.72. The summed E-state index contributed by atoms with van der Waals surface area (Å²) in [7, 11) is 0. The summed E-state index contributed by atoms with van der Waals surface area (Å²) in [5, 5.41) is 6.45. The summed E-state index contributed by atoms with van der Waals surface area (Å²) in [6, 6.07) is 20.7. The van der Waals surface area contributed by atoms with E-state index in [-0.39, 0.29) is 18.2 Å². The van der Waals surface area contributed by atoms with Crippen molar-refractivity contribution < 1.29 is 19.1 Å². The molecule has 3 aromatic carbocycles. The van der Waals surface area contributed by atoms with Crippen LogP contribution in [-0.2, 0) is 4.79 Å². The smallest absolute Gasteiger partial charge is 0.343 e. The number of carbonyl (C=O) groups is 3. The molecule has 2 amide bonds. The van der Waals surface area contributed by atoms with E-state index in [2.05, 4.69) is 54.4 Å². The number of halogens is 2. The number of hydrogen-bond acceptors (Lipinski definition) is 5. The summed E-state index contributed by atoms with van der Waals surface area (Å²) in [4.78, 5) is 36.5. The summed E-state index contributed by atoms with van der Waals surface area (Å²) in [6.45, 7) is -0.241. The van der Waals surface area contributed by atoms with Crippen LogP contribution in [0.4, 0.5) is 0 Å². The van der Waals surface area contributed by atoms with Gasteiger partial charge in [-0.15, -0.1) is 0 Å². The van der Waals surface area contributed by atoms with Crippen molar-refractivity contribution in [3.63, 3.8) is 0 Å². The molecule has 0 saturated carbocycles. The minimum Gasteiger partial charge on any atom is -0.422 e. The lowest BCUT2D eigenvalue weighted by molar-refractivity contribution is -0.120. The van der Waals surface area contributed by atoms with Gasteiger partial charge in [0.1, 0.15) is 5.75 Å². The van der Waals surface area contributed by atoms with Gasteiger partial charge in [-0.05, 0) is 65.1 Å². The third kappa shape index (κ3) is 6.72. The van der Waals surface area contributed by atoms with E-state index in [0.29, 0.717) is 16.7 Å². The molecule has 0 radical (unpaired) electrons. The zero-order valence-electron chi connectivity index (χ0n) is 16.5. The highest BCUT2D eigenvalue weighted by molar-refractivity contribution is 14.1. The highest BCUT2D eigenvalue weighted by Crippen LogP contribution is 2.23. The van der Waals surface area contributed by atoms with Crippen molar-refractivity contribution in [3.8, 4) is 5.75 Å². The summed E-state index contributed by atoms with van der Waals surface area (Å²) >= 11 is 5.41. The molecule has 0 aliphatic heterocycles. The van der Waals surface area contributed by atoms with Crippen molar-refractivity contribution in [2.24, 2.45) is 5.10 Å². The van der Waals surface area contributed by atoms with Crippen molar-refractivity contribution in [1.82, 2.24) is 10.7 Å². The second-order valence-electron chi connectivity index (χ2n) is 6.39. The van der Waals surface area contributed by atoms with E-state index < -0.39 is 11.9 Å². The van der Waals surface area contributed by atoms with Crippen LogP contribution in [0, 0.1) is 3.57 Å². The van der Waals surface area contributed by atoms with E-state index in [1.807, 2.05) is 6.07 Å². The molecule has 0 atom stereocenters. The fraction of sp³-hybridized carbons (Fsp3) is 0.0435. The van der Waals surface area contributed by atoms with Gasteiger partial charge < -0.3 is 10.1 Å². The average molecular weight is 606 g/mol. The zero-order chi connectivity index (χ0) is 22.9. The van der Waals surface area contributed by atoms with Crippen molar-refractivity contribution in [2.45, 2.75) is 0 Å². The Kier molecular flexibility index (Phi) is 8.51. The molecule has 0 aliphatic carbocycles. The quantitative estimate of drug-likeness (QED) is 0.139. The van der Waals surface area contributed by atoms with Crippen LogP contribution < -0.4 is 15.5 Å². The predicted octanol–water partition coefficient (Wildman–Crippen LogP) is 4.15. The lowest BCUT2D eigenvalue weighted by Gasteiger charge is -2.08. The van der Waals surface area contributed by atoms with E-state index in [1.54, 1.807) is 66.7 Å². The summed E-state index contributed by atoms with van der Waals surface area (Å²) in [5.74, 6) is -1.08. The summed E-state index contributed by atoms with van der Waals surface area (Å²) in [6.07, 6.45) is 1.36. The van der Waals surface area contributed by atoms with Crippen molar-refractivity contribution in [3.05, 3.63) is 97.5 Å². The monoisotopic (exact) mass is 605 g/mol. The molecular weight excluding hydrogens is 589 g/mol. The number of esters is 1. The third-order valence-corrected chi connectivity index (χ3v) is 5.54. The van der Waals surface area contributed by atoms with E-state index in [1.165, 1.54) is 6.21 Å². The lowest BCUT2D eigenvalue weighted by Crippen LogP contribution is -2.35. The number of hydrogen-bond donors (Lipinski definition) is 2. The standard InChI is InChI=1S/C23H17BrIN3O4/c24-17-10-11-20(32-23(31)15-6-2-1-3-7-15)16(12-17)13-27-28-21(29)14-26-22(30)18-8-4-5-9-19(18)25/h1-13H,14H2,(H,26,30)(H,28,29)/b27-13-. The number of ether oxygens (including phenoxy) is 1.